The average Bonchev–Trinajstić information content (AvgIpc) is 2.51. The van der Waals surface area contributed by atoms with Gasteiger partial charge in [-0.3, -0.25) is 4.79 Å². The van der Waals surface area contributed by atoms with Crippen molar-refractivity contribution in [3.63, 3.8) is 0 Å². The Labute approximate surface area is 132 Å². The maximum Gasteiger partial charge on any atom is 0.237 e. The third kappa shape index (κ3) is 4.31. The van der Waals surface area contributed by atoms with Crippen LogP contribution in [0.5, 0.6) is 0 Å². The number of carbonyl (C=O) groups excluding carboxylic acids is 1. The van der Waals surface area contributed by atoms with Crippen molar-refractivity contribution in [3.05, 3.63) is 59.7 Å². The molecule has 5 heteroatoms. The molecule has 22 heavy (non-hydrogen) atoms. The molecule has 2 aromatic carbocycles. The minimum Gasteiger partial charge on any atom is -0.325 e. The number of nitrogens with one attached hydrogen (secondary N) is 1. The molecule has 0 fully saturated rings. The van der Waals surface area contributed by atoms with Crippen LogP contribution in [0.15, 0.2) is 47.4 Å². The van der Waals surface area contributed by atoms with E-state index in [0.717, 1.165) is 36.4 Å². The Bertz CT molecular complexity index is 658. The number of benzene rings is 2. The summed E-state index contributed by atoms with van der Waals surface area (Å²) in [6, 6.07) is 10.8. The van der Waals surface area contributed by atoms with Gasteiger partial charge in [-0.25, -0.2) is 8.78 Å². The van der Waals surface area contributed by atoms with E-state index in [-0.39, 0.29) is 10.8 Å². The molecule has 0 aliphatic carbocycles. The first-order valence-electron chi connectivity index (χ1n) is 7.01. The van der Waals surface area contributed by atoms with Gasteiger partial charge in [0, 0.05) is 10.6 Å². The number of hydrogen-bond acceptors (Lipinski definition) is 2. The molecular weight excluding hydrogens is 304 g/mol. The van der Waals surface area contributed by atoms with Gasteiger partial charge in [0.1, 0.15) is 11.6 Å². The first kappa shape index (κ1) is 16.5. The van der Waals surface area contributed by atoms with E-state index < -0.39 is 16.9 Å². The molecule has 0 saturated carbocycles. The highest BCUT2D eigenvalue weighted by molar-refractivity contribution is 8.00. The second kappa shape index (κ2) is 7.40. The zero-order valence-electron chi connectivity index (χ0n) is 12.4. The van der Waals surface area contributed by atoms with E-state index in [1.807, 2.05) is 24.3 Å². The number of aryl methyl sites for hydroxylation is 1. The molecule has 1 N–H and O–H groups in total. The maximum absolute atomic E-state index is 13.6. The summed E-state index contributed by atoms with van der Waals surface area (Å²) in [6.45, 7) is 3.71. The summed E-state index contributed by atoms with van der Waals surface area (Å²) >= 11 is 0.992. The third-order valence-corrected chi connectivity index (χ3v) is 4.33. The van der Waals surface area contributed by atoms with Gasteiger partial charge < -0.3 is 5.32 Å². The summed E-state index contributed by atoms with van der Waals surface area (Å²) in [5.74, 6) is -1.30. The quantitative estimate of drug-likeness (QED) is 0.812. The van der Waals surface area contributed by atoms with Crippen molar-refractivity contribution in [1.29, 1.82) is 0 Å². The number of rotatable bonds is 5. The van der Waals surface area contributed by atoms with Crippen LogP contribution in [0.2, 0.25) is 0 Å². The summed E-state index contributed by atoms with van der Waals surface area (Å²) < 4.78 is 26.7. The van der Waals surface area contributed by atoms with Gasteiger partial charge in [0.25, 0.3) is 0 Å². The minimum absolute atomic E-state index is 0.129. The highest BCUT2D eigenvalue weighted by Gasteiger charge is 2.17. The van der Waals surface area contributed by atoms with E-state index in [9.17, 15) is 13.6 Å². The SMILES string of the molecule is CCc1ccc(NC(=O)[C@H](C)Sc2cc(F)ccc2F)cc1. The Balaban J connectivity index is 2.00. The molecule has 1 atom stereocenters. The normalized spacial score (nSPS) is 12.0. The number of thioether (sulfide) groups is 1. The molecule has 0 bridgehead atoms. The molecule has 0 spiro atoms. The lowest BCUT2D eigenvalue weighted by Gasteiger charge is -2.13. The molecule has 0 aromatic heterocycles. The van der Waals surface area contributed by atoms with E-state index in [1.165, 1.54) is 5.56 Å². The van der Waals surface area contributed by atoms with Gasteiger partial charge >= 0.3 is 0 Å². The van der Waals surface area contributed by atoms with Crippen molar-refractivity contribution in [1.82, 2.24) is 0 Å². The molecular formula is C17H17F2NOS. The summed E-state index contributed by atoms with van der Waals surface area (Å²) in [4.78, 5) is 12.2. The van der Waals surface area contributed by atoms with E-state index >= 15 is 0 Å². The summed E-state index contributed by atoms with van der Waals surface area (Å²) in [6.07, 6.45) is 0.930. The van der Waals surface area contributed by atoms with Crippen LogP contribution in [0, 0.1) is 11.6 Å². The topological polar surface area (TPSA) is 29.1 Å². The van der Waals surface area contributed by atoms with E-state index in [4.69, 9.17) is 0 Å². The van der Waals surface area contributed by atoms with Gasteiger partial charge in [-0.1, -0.05) is 19.1 Å². The first-order chi connectivity index (χ1) is 10.5. The third-order valence-electron chi connectivity index (χ3n) is 3.20. The molecule has 0 unspecified atom stereocenters. The predicted molar refractivity (Wildman–Crippen MR) is 86.1 cm³/mol. The Kier molecular flexibility index (Phi) is 5.55. The van der Waals surface area contributed by atoms with E-state index in [1.54, 1.807) is 6.92 Å². The molecule has 2 nitrogen and oxygen atoms in total. The maximum atomic E-state index is 13.6. The van der Waals surface area contributed by atoms with Gasteiger partial charge in [-0.15, -0.1) is 11.8 Å². The van der Waals surface area contributed by atoms with Crippen LogP contribution in [0.4, 0.5) is 14.5 Å². The molecule has 0 saturated heterocycles. The van der Waals surface area contributed by atoms with E-state index in [0.29, 0.717) is 5.69 Å². The van der Waals surface area contributed by atoms with Crippen molar-refractivity contribution in [2.24, 2.45) is 0 Å². The smallest absolute Gasteiger partial charge is 0.237 e. The summed E-state index contributed by atoms with van der Waals surface area (Å²) in [5, 5.41) is 2.23. The minimum atomic E-state index is -0.540. The van der Waals surface area contributed by atoms with Crippen LogP contribution in [0.25, 0.3) is 0 Å². The monoisotopic (exact) mass is 321 g/mol. The van der Waals surface area contributed by atoms with E-state index in [2.05, 4.69) is 12.2 Å². The van der Waals surface area contributed by atoms with Crippen LogP contribution >= 0.6 is 11.8 Å². The summed E-state index contributed by atoms with van der Waals surface area (Å²) in [5.41, 5.74) is 1.87. The zero-order chi connectivity index (χ0) is 16.1. The first-order valence-corrected chi connectivity index (χ1v) is 7.89. The number of anilines is 1. The second-order valence-corrected chi connectivity index (χ2v) is 6.26. The Morgan fingerprint density at radius 1 is 1.18 bits per heavy atom. The standard InChI is InChI=1S/C17H17F2NOS/c1-3-12-4-7-14(8-5-12)20-17(21)11(2)22-16-10-13(18)6-9-15(16)19/h4-11H,3H2,1-2H3,(H,20,21)/t11-/m0/s1. The molecule has 2 rings (SSSR count). The highest BCUT2D eigenvalue weighted by atomic mass is 32.2. The molecule has 2 aromatic rings. The van der Waals surface area contributed by atoms with Gasteiger partial charge in [0.2, 0.25) is 5.91 Å². The van der Waals surface area contributed by atoms with Crippen LogP contribution in [-0.2, 0) is 11.2 Å². The van der Waals surface area contributed by atoms with Gasteiger partial charge in [-0.05, 0) is 49.2 Å². The molecule has 0 radical (unpaired) electrons. The summed E-state index contributed by atoms with van der Waals surface area (Å²) in [7, 11) is 0. The van der Waals surface area contributed by atoms with Crippen molar-refractivity contribution < 1.29 is 13.6 Å². The fourth-order valence-electron chi connectivity index (χ4n) is 1.88. The lowest BCUT2D eigenvalue weighted by atomic mass is 10.1. The molecule has 0 aliphatic heterocycles. The lowest BCUT2D eigenvalue weighted by Crippen LogP contribution is -2.22. The van der Waals surface area contributed by atoms with Crippen LogP contribution < -0.4 is 5.32 Å². The van der Waals surface area contributed by atoms with Crippen molar-refractivity contribution in [2.75, 3.05) is 5.32 Å². The highest BCUT2D eigenvalue weighted by Crippen LogP contribution is 2.27. The number of hydrogen-bond donors (Lipinski definition) is 1. The van der Waals surface area contributed by atoms with Crippen LogP contribution in [-0.4, -0.2) is 11.2 Å². The van der Waals surface area contributed by atoms with Gasteiger partial charge in [-0.2, -0.15) is 0 Å². The Morgan fingerprint density at radius 2 is 1.86 bits per heavy atom. The van der Waals surface area contributed by atoms with Gasteiger partial charge in [0.05, 0.1) is 5.25 Å². The Hall–Kier alpha value is -1.88. The van der Waals surface area contributed by atoms with Crippen LogP contribution in [0.1, 0.15) is 19.4 Å². The Morgan fingerprint density at radius 3 is 2.50 bits per heavy atom. The number of halogens is 2. The second-order valence-electron chi connectivity index (χ2n) is 4.87. The lowest BCUT2D eigenvalue weighted by molar-refractivity contribution is -0.115. The fraction of sp³-hybridized carbons (Fsp3) is 0.235. The number of amides is 1. The average molecular weight is 321 g/mol. The largest absolute Gasteiger partial charge is 0.325 e. The molecule has 1 amide bonds. The fourth-order valence-corrected chi connectivity index (χ4v) is 2.79. The number of carbonyl (C=O) groups is 1. The molecule has 0 heterocycles. The molecule has 0 aliphatic rings. The van der Waals surface area contributed by atoms with Crippen molar-refractivity contribution in [3.8, 4) is 0 Å². The zero-order valence-corrected chi connectivity index (χ0v) is 13.2. The molecule has 116 valence electrons. The predicted octanol–water partition coefficient (Wildman–Crippen LogP) is 4.65. The van der Waals surface area contributed by atoms with Crippen LogP contribution in [0.3, 0.4) is 0 Å². The van der Waals surface area contributed by atoms with Gasteiger partial charge in [0.15, 0.2) is 0 Å². The van der Waals surface area contributed by atoms with Crippen molar-refractivity contribution >= 4 is 23.4 Å². The van der Waals surface area contributed by atoms with Crippen molar-refractivity contribution in [2.45, 2.75) is 30.4 Å².